The summed E-state index contributed by atoms with van der Waals surface area (Å²) < 4.78 is 5.76. The number of halogens is 2. The van der Waals surface area contributed by atoms with Crippen LogP contribution in [0.3, 0.4) is 0 Å². The Balaban J connectivity index is 2.10. The summed E-state index contributed by atoms with van der Waals surface area (Å²) in [5, 5.41) is 12.2. The molecule has 0 radical (unpaired) electrons. The van der Waals surface area contributed by atoms with Gasteiger partial charge < -0.3 is 9.52 Å². The number of aliphatic hydroxyl groups excluding tert-OH is 1. The molecule has 0 fully saturated rings. The minimum Gasteiger partial charge on any atom is -0.458 e. The van der Waals surface area contributed by atoms with Crippen LogP contribution in [0.25, 0.3) is 11.0 Å². The van der Waals surface area contributed by atoms with E-state index in [-0.39, 0.29) is 0 Å². The quantitative estimate of drug-likeness (QED) is 0.712. The first kappa shape index (κ1) is 13.5. The third-order valence-electron chi connectivity index (χ3n) is 3.31. The fourth-order valence-corrected chi connectivity index (χ4v) is 2.66. The minimum absolute atomic E-state index is 0.346. The van der Waals surface area contributed by atoms with Crippen molar-refractivity contribution in [2.24, 2.45) is 0 Å². The number of para-hydroxylation sites is 1. The number of furan rings is 1. The highest BCUT2D eigenvalue weighted by Crippen LogP contribution is 2.35. The lowest BCUT2D eigenvalue weighted by atomic mass is 10.1. The van der Waals surface area contributed by atoms with Crippen molar-refractivity contribution in [3.05, 3.63) is 69.4 Å². The number of benzene rings is 2. The Labute approximate surface area is 126 Å². The van der Waals surface area contributed by atoms with Crippen molar-refractivity contribution < 1.29 is 9.52 Å². The molecule has 4 heteroatoms. The van der Waals surface area contributed by atoms with E-state index in [1.807, 2.05) is 31.2 Å². The molecule has 1 heterocycles. The standard InChI is InChI=1S/C16H12Cl2O2/c1-9-4-2-5-10-8-13(20-16(9)10)15(19)11-6-3-7-12(17)14(11)18/h2-8,15,19H,1H3. The zero-order valence-electron chi connectivity index (χ0n) is 10.7. The van der Waals surface area contributed by atoms with Crippen molar-refractivity contribution in [2.45, 2.75) is 13.0 Å². The summed E-state index contributed by atoms with van der Waals surface area (Å²) in [6.07, 6.45) is -0.937. The summed E-state index contributed by atoms with van der Waals surface area (Å²) in [5.41, 5.74) is 2.34. The Kier molecular flexibility index (Phi) is 3.47. The fourth-order valence-electron chi connectivity index (χ4n) is 2.25. The zero-order chi connectivity index (χ0) is 14.3. The molecule has 1 atom stereocenters. The molecule has 3 rings (SSSR count). The topological polar surface area (TPSA) is 33.4 Å². The number of hydrogen-bond donors (Lipinski definition) is 1. The molecule has 0 bridgehead atoms. The first-order chi connectivity index (χ1) is 9.58. The molecule has 0 saturated carbocycles. The van der Waals surface area contributed by atoms with Crippen LogP contribution in [0.1, 0.15) is 23.0 Å². The molecule has 3 aromatic rings. The van der Waals surface area contributed by atoms with Gasteiger partial charge in [-0.25, -0.2) is 0 Å². The predicted molar refractivity (Wildman–Crippen MR) is 81.5 cm³/mol. The lowest BCUT2D eigenvalue weighted by Crippen LogP contribution is -1.99. The summed E-state index contributed by atoms with van der Waals surface area (Å²) in [6, 6.07) is 12.9. The van der Waals surface area contributed by atoms with E-state index in [2.05, 4.69) is 0 Å². The van der Waals surface area contributed by atoms with Gasteiger partial charge in [0.25, 0.3) is 0 Å². The molecule has 20 heavy (non-hydrogen) atoms. The Hall–Kier alpha value is -1.48. The van der Waals surface area contributed by atoms with E-state index < -0.39 is 6.10 Å². The first-order valence-corrected chi connectivity index (χ1v) is 6.94. The molecule has 2 aromatic carbocycles. The van der Waals surface area contributed by atoms with Gasteiger partial charge in [0.15, 0.2) is 0 Å². The van der Waals surface area contributed by atoms with Crippen LogP contribution in [0.5, 0.6) is 0 Å². The van der Waals surface area contributed by atoms with Crippen molar-refractivity contribution >= 4 is 34.2 Å². The van der Waals surface area contributed by atoms with Gasteiger partial charge in [-0.05, 0) is 24.6 Å². The van der Waals surface area contributed by atoms with Gasteiger partial charge in [0.05, 0.1) is 10.0 Å². The summed E-state index contributed by atoms with van der Waals surface area (Å²) in [7, 11) is 0. The van der Waals surface area contributed by atoms with E-state index in [0.717, 1.165) is 16.5 Å². The number of aliphatic hydroxyl groups is 1. The largest absolute Gasteiger partial charge is 0.458 e. The fraction of sp³-hybridized carbons (Fsp3) is 0.125. The van der Waals surface area contributed by atoms with Crippen molar-refractivity contribution in [3.63, 3.8) is 0 Å². The van der Waals surface area contributed by atoms with Gasteiger partial charge in [0.2, 0.25) is 0 Å². The van der Waals surface area contributed by atoms with Crippen LogP contribution in [0.2, 0.25) is 10.0 Å². The Morgan fingerprint density at radius 3 is 2.60 bits per heavy atom. The zero-order valence-corrected chi connectivity index (χ0v) is 12.2. The van der Waals surface area contributed by atoms with Crippen LogP contribution in [0.4, 0.5) is 0 Å². The monoisotopic (exact) mass is 306 g/mol. The molecule has 2 nitrogen and oxygen atoms in total. The highest BCUT2D eigenvalue weighted by atomic mass is 35.5. The molecule has 0 amide bonds. The molecule has 102 valence electrons. The summed E-state index contributed by atoms with van der Waals surface area (Å²) >= 11 is 12.1. The van der Waals surface area contributed by atoms with Gasteiger partial charge in [-0.3, -0.25) is 0 Å². The Morgan fingerprint density at radius 1 is 1.10 bits per heavy atom. The van der Waals surface area contributed by atoms with E-state index in [1.165, 1.54) is 0 Å². The summed E-state index contributed by atoms with van der Waals surface area (Å²) in [5.74, 6) is 0.457. The van der Waals surface area contributed by atoms with Crippen LogP contribution in [0.15, 0.2) is 46.9 Å². The van der Waals surface area contributed by atoms with Gasteiger partial charge in [-0.2, -0.15) is 0 Å². The van der Waals surface area contributed by atoms with Crippen molar-refractivity contribution in [2.75, 3.05) is 0 Å². The van der Waals surface area contributed by atoms with Gasteiger partial charge in [0, 0.05) is 10.9 Å². The lowest BCUT2D eigenvalue weighted by Gasteiger charge is -2.10. The highest BCUT2D eigenvalue weighted by molar-refractivity contribution is 6.42. The van der Waals surface area contributed by atoms with Crippen LogP contribution >= 0.6 is 23.2 Å². The summed E-state index contributed by atoms with van der Waals surface area (Å²) in [6.45, 7) is 1.97. The maximum Gasteiger partial charge on any atom is 0.138 e. The molecule has 1 aromatic heterocycles. The number of fused-ring (bicyclic) bond motifs is 1. The van der Waals surface area contributed by atoms with Crippen LogP contribution in [-0.2, 0) is 0 Å². The molecule has 0 spiro atoms. The molecular weight excluding hydrogens is 295 g/mol. The van der Waals surface area contributed by atoms with E-state index in [4.69, 9.17) is 27.6 Å². The second kappa shape index (κ2) is 5.13. The van der Waals surface area contributed by atoms with Crippen LogP contribution < -0.4 is 0 Å². The Morgan fingerprint density at radius 2 is 1.85 bits per heavy atom. The van der Waals surface area contributed by atoms with Crippen molar-refractivity contribution in [3.8, 4) is 0 Å². The number of aryl methyl sites for hydroxylation is 1. The average molecular weight is 307 g/mol. The third kappa shape index (κ3) is 2.20. The van der Waals surface area contributed by atoms with Crippen molar-refractivity contribution in [1.29, 1.82) is 0 Å². The number of rotatable bonds is 2. The predicted octanol–water partition coefficient (Wildman–Crippen LogP) is 5.13. The molecule has 1 unspecified atom stereocenters. The minimum atomic E-state index is -0.937. The van der Waals surface area contributed by atoms with Gasteiger partial charge in [-0.15, -0.1) is 0 Å². The smallest absolute Gasteiger partial charge is 0.138 e. The lowest BCUT2D eigenvalue weighted by molar-refractivity contribution is 0.192. The average Bonchev–Trinajstić information content (AvgIpc) is 2.87. The molecule has 0 aliphatic heterocycles. The van der Waals surface area contributed by atoms with E-state index in [1.54, 1.807) is 18.2 Å². The molecule has 0 aliphatic rings. The van der Waals surface area contributed by atoms with Gasteiger partial charge in [-0.1, -0.05) is 53.5 Å². The maximum absolute atomic E-state index is 10.5. The van der Waals surface area contributed by atoms with E-state index in [0.29, 0.717) is 21.4 Å². The highest BCUT2D eigenvalue weighted by Gasteiger charge is 2.19. The second-order valence-electron chi connectivity index (χ2n) is 4.69. The maximum atomic E-state index is 10.5. The van der Waals surface area contributed by atoms with E-state index in [9.17, 15) is 5.11 Å². The van der Waals surface area contributed by atoms with Crippen LogP contribution in [0, 0.1) is 6.92 Å². The Bertz CT molecular complexity index is 777. The second-order valence-corrected chi connectivity index (χ2v) is 5.47. The molecule has 0 aliphatic carbocycles. The molecular formula is C16H12Cl2O2. The summed E-state index contributed by atoms with van der Waals surface area (Å²) in [4.78, 5) is 0. The van der Waals surface area contributed by atoms with Crippen LogP contribution in [-0.4, -0.2) is 5.11 Å². The van der Waals surface area contributed by atoms with Gasteiger partial charge in [0.1, 0.15) is 17.4 Å². The van der Waals surface area contributed by atoms with E-state index >= 15 is 0 Å². The van der Waals surface area contributed by atoms with Crippen molar-refractivity contribution in [1.82, 2.24) is 0 Å². The number of hydrogen-bond acceptors (Lipinski definition) is 2. The third-order valence-corrected chi connectivity index (χ3v) is 4.14. The SMILES string of the molecule is Cc1cccc2cc(C(O)c3cccc(Cl)c3Cl)oc12. The molecule has 1 N–H and O–H groups in total. The first-order valence-electron chi connectivity index (χ1n) is 6.19. The van der Waals surface area contributed by atoms with Gasteiger partial charge >= 0.3 is 0 Å². The molecule has 0 saturated heterocycles. The normalized spacial score (nSPS) is 12.8.